The highest BCUT2D eigenvalue weighted by Crippen LogP contribution is 2.14. The van der Waals surface area contributed by atoms with Crippen molar-refractivity contribution < 1.29 is 10.0 Å². The van der Waals surface area contributed by atoms with Crippen molar-refractivity contribution in [1.29, 1.82) is 0 Å². The molecule has 0 saturated carbocycles. The molecule has 3 nitrogen and oxygen atoms in total. The van der Waals surface area contributed by atoms with Gasteiger partial charge in [0, 0.05) is 6.42 Å². The van der Waals surface area contributed by atoms with Crippen molar-refractivity contribution in [2.45, 2.75) is 26.3 Å². The molecule has 0 fully saturated rings. The van der Waals surface area contributed by atoms with E-state index in [1.165, 1.54) is 0 Å². The number of nitrogens with zero attached hydrogens (tertiary/aromatic N) is 1. The molecule has 0 radical (unpaired) electrons. The lowest BCUT2D eigenvalue weighted by atomic mass is 10.1. The number of hydrogen-bond donors (Lipinski definition) is 1. The summed E-state index contributed by atoms with van der Waals surface area (Å²) in [5, 5.41) is 10.7. The topological polar surface area (TPSA) is 40.5 Å². The van der Waals surface area contributed by atoms with Crippen LogP contribution >= 0.6 is 0 Å². The van der Waals surface area contributed by atoms with Crippen LogP contribution in [0.15, 0.2) is 30.3 Å². The summed E-state index contributed by atoms with van der Waals surface area (Å²) in [6.45, 7) is 3.48. The molecule has 1 atom stereocenters. The van der Waals surface area contributed by atoms with Gasteiger partial charge in [-0.1, -0.05) is 25.1 Å². The van der Waals surface area contributed by atoms with Crippen LogP contribution in [0.3, 0.4) is 0 Å². The number of para-hydroxylation sites is 1. The van der Waals surface area contributed by atoms with Crippen LogP contribution in [0.25, 0.3) is 0 Å². The number of carbonyl (C=O) groups is 1. The highest BCUT2D eigenvalue weighted by Gasteiger charge is 2.17. The predicted molar refractivity (Wildman–Crippen MR) is 55.5 cm³/mol. The fraction of sp³-hybridized carbons (Fsp3) is 0.364. The molecule has 1 rings (SSSR count). The number of carbonyl (C=O) groups excluding carboxylic acids is 1. The van der Waals surface area contributed by atoms with E-state index in [2.05, 4.69) is 0 Å². The number of rotatable bonds is 4. The summed E-state index contributed by atoms with van der Waals surface area (Å²) in [4.78, 5) is 11.3. The van der Waals surface area contributed by atoms with Gasteiger partial charge in [0.2, 0.25) is 0 Å². The molecule has 0 bridgehead atoms. The third kappa shape index (κ3) is 2.33. The Morgan fingerprint density at radius 1 is 1.43 bits per heavy atom. The molecule has 0 aromatic heterocycles. The second-order valence-electron chi connectivity index (χ2n) is 3.18. The van der Waals surface area contributed by atoms with Crippen molar-refractivity contribution in [3.05, 3.63) is 30.3 Å². The monoisotopic (exact) mass is 193 g/mol. The molecule has 0 aliphatic rings. The number of ketones is 1. The molecule has 1 N–H and O–H groups in total. The Morgan fingerprint density at radius 2 is 2.00 bits per heavy atom. The molecule has 0 saturated heterocycles. The molecule has 0 aliphatic heterocycles. The first kappa shape index (κ1) is 10.7. The first-order chi connectivity index (χ1) is 6.66. The van der Waals surface area contributed by atoms with Gasteiger partial charge in [0.05, 0.1) is 5.69 Å². The summed E-state index contributed by atoms with van der Waals surface area (Å²) in [7, 11) is 0. The average molecular weight is 193 g/mol. The number of hydrogen-bond acceptors (Lipinski definition) is 3. The van der Waals surface area contributed by atoms with Crippen LogP contribution in [0.1, 0.15) is 20.3 Å². The SMILES string of the molecule is CCC(=O)C(C)N(O)c1ccccc1. The molecule has 1 unspecified atom stereocenters. The smallest absolute Gasteiger partial charge is 0.157 e. The van der Waals surface area contributed by atoms with E-state index in [0.29, 0.717) is 12.1 Å². The Labute approximate surface area is 83.9 Å². The Bertz CT molecular complexity index is 297. The van der Waals surface area contributed by atoms with E-state index in [1.54, 1.807) is 26.0 Å². The normalized spacial score (nSPS) is 12.2. The second kappa shape index (κ2) is 4.77. The molecule has 14 heavy (non-hydrogen) atoms. The van der Waals surface area contributed by atoms with Gasteiger partial charge in [-0.05, 0) is 19.1 Å². The zero-order valence-electron chi connectivity index (χ0n) is 8.47. The molecular formula is C11H15NO2. The molecule has 0 aliphatic carbocycles. The van der Waals surface area contributed by atoms with E-state index >= 15 is 0 Å². The maximum atomic E-state index is 11.3. The van der Waals surface area contributed by atoms with Gasteiger partial charge in [-0.2, -0.15) is 0 Å². The lowest BCUT2D eigenvalue weighted by Crippen LogP contribution is -2.36. The maximum Gasteiger partial charge on any atom is 0.157 e. The van der Waals surface area contributed by atoms with Crippen molar-refractivity contribution in [2.75, 3.05) is 5.06 Å². The lowest BCUT2D eigenvalue weighted by molar-refractivity contribution is -0.120. The van der Waals surface area contributed by atoms with Crippen molar-refractivity contribution in [3.63, 3.8) is 0 Å². The highest BCUT2D eigenvalue weighted by molar-refractivity contribution is 5.85. The van der Waals surface area contributed by atoms with Crippen molar-refractivity contribution in [2.24, 2.45) is 0 Å². The van der Waals surface area contributed by atoms with E-state index in [9.17, 15) is 10.0 Å². The maximum absolute atomic E-state index is 11.3. The Hall–Kier alpha value is -1.35. The minimum absolute atomic E-state index is 0.0244. The number of anilines is 1. The molecule has 0 spiro atoms. The molecule has 0 heterocycles. The largest absolute Gasteiger partial charge is 0.297 e. The molecule has 1 aromatic rings. The van der Waals surface area contributed by atoms with E-state index in [-0.39, 0.29) is 5.78 Å². The number of benzene rings is 1. The van der Waals surface area contributed by atoms with Gasteiger partial charge < -0.3 is 0 Å². The molecule has 0 amide bonds. The van der Waals surface area contributed by atoms with Crippen molar-refractivity contribution in [1.82, 2.24) is 0 Å². The average Bonchev–Trinajstić information content (AvgIpc) is 2.27. The van der Waals surface area contributed by atoms with Crippen LogP contribution in [-0.2, 0) is 4.79 Å². The molecule has 3 heteroatoms. The molecular weight excluding hydrogens is 178 g/mol. The van der Waals surface area contributed by atoms with Crippen molar-refractivity contribution >= 4 is 11.5 Å². The van der Waals surface area contributed by atoms with Crippen LogP contribution in [0.2, 0.25) is 0 Å². The fourth-order valence-electron chi connectivity index (χ4n) is 1.24. The van der Waals surface area contributed by atoms with Crippen molar-refractivity contribution in [3.8, 4) is 0 Å². The number of Topliss-reactive ketones (excluding diaryl/α,β-unsaturated/α-hetero) is 1. The summed E-state index contributed by atoms with van der Waals surface area (Å²) in [6.07, 6.45) is 0.436. The fourth-order valence-corrected chi connectivity index (χ4v) is 1.24. The van der Waals surface area contributed by atoms with Gasteiger partial charge in [0.15, 0.2) is 5.78 Å². The standard InChI is InChI=1S/C11H15NO2/c1-3-11(13)9(2)12(14)10-7-5-4-6-8-10/h4-9,14H,3H2,1-2H3. The first-order valence-corrected chi connectivity index (χ1v) is 4.72. The summed E-state index contributed by atoms with van der Waals surface area (Å²) in [5.41, 5.74) is 0.641. The van der Waals surface area contributed by atoms with Crippen LogP contribution < -0.4 is 5.06 Å². The Kier molecular flexibility index (Phi) is 3.65. The van der Waals surface area contributed by atoms with Gasteiger partial charge in [-0.3, -0.25) is 10.0 Å². The zero-order chi connectivity index (χ0) is 10.6. The second-order valence-corrected chi connectivity index (χ2v) is 3.18. The predicted octanol–water partition coefficient (Wildman–Crippen LogP) is 2.25. The van der Waals surface area contributed by atoms with E-state index in [4.69, 9.17) is 0 Å². The van der Waals surface area contributed by atoms with Gasteiger partial charge in [0.1, 0.15) is 6.04 Å². The summed E-state index contributed by atoms with van der Waals surface area (Å²) < 4.78 is 0. The quantitative estimate of drug-likeness (QED) is 0.745. The van der Waals surface area contributed by atoms with Crippen LogP contribution in [0.5, 0.6) is 0 Å². The van der Waals surface area contributed by atoms with Gasteiger partial charge >= 0.3 is 0 Å². The van der Waals surface area contributed by atoms with E-state index in [1.807, 2.05) is 18.2 Å². The van der Waals surface area contributed by atoms with Crippen LogP contribution in [-0.4, -0.2) is 17.0 Å². The zero-order valence-corrected chi connectivity index (χ0v) is 8.47. The van der Waals surface area contributed by atoms with Gasteiger partial charge in [-0.25, -0.2) is 5.06 Å². The highest BCUT2D eigenvalue weighted by atomic mass is 16.5. The van der Waals surface area contributed by atoms with Gasteiger partial charge in [-0.15, -0.1) is 0 Å². The summed E-state index contributed by atoms with van der Waals surface area (Å²) in [5.74, 6) is 0.0244. The third-order valence-corrected chi connectivity index (χ3v) is 2.20. The minimum atomic E-state index is -0.484. The summed E-state index contributed by atoms with van der Waals surface area (Å²) in [6, 6.07) is 8.55. The third-order valence-electron chi connectivity index (χ3n) is 2.20. The lowest BCUT2D eigenvalue weighted by Gasteiger charge is -2.22. The van der Waals surface area contributed by atoms with E-state index < -0.39 is 6.04 Å². The minimum Gasteiger partial charge on any atom is -0.297 e. The van der Waals surface area contributed by atoms with Gasteiger partial charge in [0.25, 0.3) is 0 Å². The van der Waals surface area contributed by atoms with E-state index in [0.717, 1.165) is 5.06 Å². The first-order valence-electron chi connectivity index (χ1n) is 4.72. The summed E-state index contributed by atoms with van der Waals surface area (Å²) >= 11 is 0. The number of hydroxylamine groups is 1. The Morgan fingerprint density at radius 3 is 2.50 bits per heavy atom. The van der Waals surface area contributed by atoms with Crippen LogP contribution in [0.4, 0.5) is 5.69 Å². The van der Waals surface area contributed by atoms with Crippen LogP contribution in [0, 0.1) is 0 Å². The molecule has 1 aromatic carbocycles. The molecule has 76 valence electrons. The Balaban J connectivity index is 2.75.